The van der Waals surface area contributed by atoms with E-state index in [1.807, 2.05) is 36.6 Å². The van der Waals surface area contributed by atoms with E-state index in [1.54, 1.807) is 17.5 Å². The highest BCUT2D eigenvalue weighted by Gasteiger charge is 2.21. The Morgan fingerprint density at radius 3 is 2.77 bits per heavy atom. The maximum Gasteiger partial charge on any atom is 0.252 e. The van der Waals surface area contributed by atoms with Crippen molar-refractivity contribution in [2.45, 2.75) is 24.0 Å². The number of sulfonamides is 1. The van der Waals surface area contributed by atoms with Crippen molar-refractivity contribution in [2.75, 3.05) is 18.9 Å². The van der Waals surface area contributed by atoms with Crippen LogP contribution in [0.1, 0.15) is 18.5 Å². The molecule has 0 bridgehead atoms. The van der Waals surface area contributed by atoms with Crippen LogP contribution in [0.4, 0.5) is 5.13 Å². The number of thiophene rings is 1. The predicted octanol–water partition coefficient (Wildman–Crippen LogP) is 4.70. The Kier molecular flexibility index (Phi) is 6.24. The number of hydrogen-bond acceptors (Lipinski definition) is 6. The molecule has 4 rings (SSSR count). The average molecular weight is 475 g/mol. The third-order valence-electron chi connectivity index (χ3n) is 4.94. The van der Waals surface area contributed by atoms with E-state index in [0.29, 0.717) is 15.8 Å². The van der Waals surface area contributed by atoms with Crippen LogP contribution in [-0.4, -0.2) is 42.2 Å². The lowest BCUT2D eigenvalue weighted by atomic mass is 10.1. The molecule has 0 fully saturated rings. The lowest BCUT2D eigenvalue weighted by Crippen LogP contribution is -2.28. The predicted molar refractivity (Wildman–Crippen MR) is 126 cm³/mol. The molecule has 1 aromatic carbocycles. The number of benzene rings is 1. The zero-order chi connectivity index (χ0) is 22.0. The molecule has 0 aliphatic rings. The number of aromatic nitrogens is 2. The van der Waals surface area contributed by atoms with Crippen LogP contribution in [-0.2, 0) is 14.8 Å². The third-order valence-corrected chi connectivity index (χ3v) is 8.92. The van der Waals surface area contributed by atoms with Crippen LogP contribution in [0.3, 0.4) is 0 Å². The van der Waals surface area contributed by atoms with Gasteiger partial charge in [-0.3, -0.25) is 4.79 Å². The molecule has 0 spiro atoms. The first kappa shape index (κ1) is 21.7. The second-order valence-corrected chi connectivity index (χ2v) is 11.2. The Morgan fingerprint density at radius 2 is 2.00 bits per heavy atom. The quantitative estimate of drug-likeness (QED) is 0.387. The number of thiazole rings is 1. The van der Waals surface area contributed by atoms with Gasteiger partial charge in [0.1, 0.15) is 4.21 Å². The fourth-order valence-electron chi connectivity index (χ4n) is 3.38. The monoisotopic (exact) mass is 474 g/mol. The van der Waals surface area contributed by atoms with Gasteiger partial charge < -0.3 is 10.3 Å². The molecule has 7 nitrogen and oxygen atoms in total. The van der Waals surface area contributed by atoms with Gasteiger partial charge in [-0.15, -0.1) is 22.7 Å². The van der Waals surface area contributed by atoms with Crippen molar-refractivity contribution in [1.82, 2.24) is 14.3 Å². The molecule has 3 aromatic heterocycles. The first-order valence-corrected chi connectivity index (χ1v) is 12.9. The molecule has 31 heavy (non-hydrogen) atoms. The lowest BCUT2D eigenvalue weighted by molar-refractivity contribution is -0.116. The van der Waals surface area contributed by atoms with E-state index in [4.69, 9.17) is 0 Å². The van der Waals surface area contributed by atoms with E-state index in [0.717, 1.165) is 27.9 Å². The van der Waals surface area contributed by atoms with E-state index >= 15 is 0 Å². The molecule has 0 atom stereocenters. The second-order valence-electron chi connectivity index (χ2n) is 7.12. The Bertz CT molecular complexity index is 1310. The number of anilines is 1. The van der Waals surface area contributed by atoms with Crippen molar-refractivity contribution < 1.29 is 13.2 Å². The first-order valence-electron chi connectivity index (χ1n) is 9.69. The summed E-state index contributed by atoms with van der Waals surface area (Å²) in [6, 6.07) is 11.3. The summed E-state index contributed by atoms with van der Waals surface area (Å²) in [6.07, 6.45) is 0.637. The standard InChI is InChI=1S/C21H22N4O3S3/c1-14-20(15-7-3-4-8-16(15)22-14)17-13-30-21(23-17)24-18(26)9-5-11-25(2)31(27,28)19-10-6-12-29-19/h3-4,6-8,10,12-13,22H,5,9,11H2,1-2H3,(H,23,24,26). The molecule has 0 unspecified atom stereocenters. The number of aryl methyl sites for hydroxylation is 1. The number of nitrogens with zero attached hydrogens (tertiary/aromatic N) is 2. The minimum Gasteiger partial charge on any atom is -0.358 e. The number of fused-ring (bicyclic) bond motifs is 1. The Labute approximate surface area is 188 Å². The molecule has 3 heterocycles. The number of aromatic amines is 1. The smallest absolute Gasteiger partial charge is 0.252 e. The van der Waals surface area contributed by atoms with Crippen molar-refractivity contribution in [3.63, 3.8) is 0 Å². The molecule has 0 saturated carbocycles. The Hall–Kier alpha value is -2.53. The molecule has 2 N–H and O–H groups in total. The minimum absolute atomic E-state index is 0.182. The van der Waals surface area contributed by atoms with Gasteiger partial charge in [0.25, 0.3) is 10.0 Å². The van der Waals surface area contributed by atoms with Crippen LogP contribution >= 0.6 is 22.7 Å². The highest BCUT2D eigenvalue weighted by Crippen LogP contribution is 2.33. The van der Waals surface area contributed by atoms with E-state index in [2.05, 4.69) is 15.3 Å². The van der Waals surface area contributed by atoms with Crippen molar-refractivity contribution in [3.8, 4) is 11.3 Å². The van der Waals surface area contributed by atoms with Gasteiger partial charge in [0.15, 0.2) is 5.13 Å². The maximum atomic E-state index is 12.4. The van der Waals surface area contributed by atoms with Crippen molar-refractivity contribution in [2.24, 2.45) is 0 Å². The van der Waals surface area contributed by atoms with Crippen molar-refractivity contribution in [1.29, 1.82) is 0 Å². The molecule has 1 amide bonds. The van der Waals surface area contributed by atoms with E-state index in [1.165, 1.54) is 34.0 Å². The molecule has 162 valence electrons. The summed E-state index contributed by atoms with van der Waals surface area (Å²) in [7, 11) is -1.96. The molecule has 0 aliphatic carbocycles. The van der Waals surface area contributed by atoms with Gasteiger partial charge in [-0.1, -0.05) is 24.3 Å². The molecular weight excluding hydrogens is 452 g/mol. The van der Waals surface area contributed by atoms with E-state index < -0.39 is 10.0 Å². The number of nitrogens with one attached hydrogen (secondary N) is 2. The number of carbonyl (C=O) groups excluding carboxylic acids is 1. The first-order chi connectivity index (χ1) is 14.9. The summed E-state index contributed by atoms with van der Waals surface area (Å²) >= 11 is 2.56. The van der Waals surface area contributed by atoms with Crippen LogP contribution in [0.2, 0.25) is 0 Å². The molecule has 10 heteroatoms. The summed E-state index contributed by atoms with van der Waals surface area (Å²) in [5, 5.41) is 8.11. The van der Waals surface area contributed by atoms with Gasteiger partial charge in [0.2, 0.25) is 5.91 Å². The summed E-state index contributed by atoms with van der Waals surface area (Å²) in [5.41, 5.74) is 3.93. The topological polar surface area (TPSA) is 95.2 Å². The molecular formula is C21H22N4O3S3. The zero-order valence-corrected chi connectivity index (χ0v) is 19.5. The number of hydrogen-bond donors (Lipinski definition) is 2. The fourth-order valence-corrected chi connectivity index (χ4v) is 6.51. The highest BCUT2D eigenvalue weighted by atomic mass is 32.2. The number of amides is 1. The van der Waals surface area contributed by atoms with Gasteiger partial charge >= 0.3 is 0 Å². The average Bonchev–Trinajstić information content (AvgIpc) is 3.47. The van der Waals surface area contributed by atoms with Gasteiger partial charge in [-0.05, 0) is 30.9 Å². The summed E-state index contributed by atoms with van der Waals surface area (Å²) in [6.45, 7) is 2.28. The summed E-state index contributed by atoms with van der Waals surface area (Å²) < 4.78 is 26.4. The van der Waals surface area contributed by atoms with Crippen LogP contribution in [0.15, 0.2) is 51.4 Å². The summed E-state index contributed by atoms with van der Waals surface area (Å²) in [5.74, 6) is -0.182. The van der Waals surface area contributed by atoms with Gasteiger partial charge in [-0.2, -0.15) is 0 Å². The minimum atomic E-state index is -3.49. The molecule has 4 aromatic rings. The van der Waals surface area contributed by atoms with Crippen LogP contribution in [0, 0.1) is 6.92 Å². The number of H-pyrrole nitrogens is 1. The number of para-hydroxylation sites is 1. The van der Waals surface area contributed by atoms with Gasteiger partial charge in [0, 0.05) is 47.6 Å². The summed E-state index contributed by atoms with van der Waals surface area (Å²) in [4.78, 5) is 20.3. The van der Waals surface area contributed by atoms with E-state index in [9.17, 15) is 13.2 Å². The number of rotatable bonds is 8. The molecule has 0 saturated heterocycles. The third kappa shape index (κ3) is 4.57. The zero-order valence-electron chi connectivity index (χ0n) is 17.1. The highest BCUT2D eigenvalue weighted by molar-refractivity contribution is 7.91. The normalized spacial score (nSPS) is 12.0. The SMILES string of the molecule is Cc1[nH]c2ccccc2c1-c1csc(NC(=O)CCCN(C)S(=O)(=O)c2cccs2)n1. The number of carbonyl (C=O) groups is 1. The van der Waals surface area contributed by atoms with Crippen molar-refractivity contribution >= 4 is 54.6 Å². The fraction of sp³-hybridized carbons (Fsp3) is 0.238. The Morgan fingerprint density at radius 1 is 1.19 bits per heavy atom. The van der Waals surface area contributed by atoms with Gasteiger partial charge in [-0.25, -0.2) is 17.7 Å². The van der Waals surface area contributed by atoms with Crippen LogP contribution in [0.5, 0.6) is 0 Å². The van der Waals surface area contributed by atoms with Crippen LogP contribution < -0.4 is 5.32 Å². The molecule has 0 radical (unpaired) electrons. The van der Waals surface area contributed by atoms with Crippen LogP contribution in [0.25, 0.3) is 22.2 Å². The van der Waals surface area contributed by atoms with Crippen molar-refractivity contribution in [3.05, 3.63) is 52.9 Å². The lowest BCUT2D eigenvalue weighted by Gasteiger charge is -2.15. The molecule has 0 aliphatic heterocycles. The van der Waals surface area contributed by atoms with Gasteiger partial charge in [0.05, 0.1) is 5.69 Å². The second kappa shape index (κ2) is 8.91. The van der Waals surface area contributed by atoms with E-state index in [-0.39, 0.29) is 18.9 Å². The maximum absolute atomic E-state index is 12.4. The Balaban J connectivity index is 1.35. The largest absolute Gasteiger partial charge is 0.358 e.